The minimum absolute atomic E-state index is 0.0275. The number of pyridine rings is 1. The average molecular weight is 1880 g/mol. The zero-order chi connectivity index (χ0) is 102. The van der Waals surface area contributed by atoms with Crippen LogP contribution in [-0.4, -0.2) is 98.9 Å². The number of nitrogen functional groups attached to an aromatic ring is 1. The van der Waals surface area contributed by atoms with E-state index in [1.165, 1.54) is 44.5 Å². The molecule has 0 amide bonds. The van der Waals surface area contributed by atoms with E-state index in [-0.39, 0.29) is 62.3 Å². The summed E-state index contributed by atoms with van der Waals surface area (Å²) in [4.78, 5) is 59.8. The molecular weight excluding hydrogens is 1720 g/mol. The minimum atomic E-state index is -0.0481. The zero-order valence-corrected chi connectivity index (χ0v) is 90.5. The number of nitrogens with zero attached hydrogens (tertiary/aromatic N) is 13. The Bertz CT molecular complexity index is 6130. The standard InChI is InChI=1S/C20H29N3O.C20H26N2O2.C20H26N2O.C19H27N3O.C19H27N3.C18H23ClN2/c1-13(2)18-14(3)22-19(23-15(18)4)16-8-9-17(21-12-16)24-11-10-20(5,6)7;1-10(2)16-11(3)21-19(22-12(16)4)17-15(23)9-14-13(18(17)24)7-8-20(14,5)6;1-11(2)18-12(3)21-19(22-13(18)4)15-9-14-7-8-20(5,6)16(14)10-17(15)23;1-11(2)16-12(3)21-18(22-17(16)20)15-8-7-14(19(4,5)6)9-13(15)10-23;1-12(2)16-13(3)21-17(22-18(16)20-7)14-8-10-15(11-9-14)19(4,5)6;1-11(2)15-12(3)20-17(21-16(15)19)13-7-9-14(10-8-13)18(4,5)6/h8-9,12-13H,10-11H2,1-7H3;9-10,23-24H,7-8H2,1-6H3;9-11,23H,7-8H2,1-6H3;7-9,11,23H,10H2,1-6H3,(H2,20,21,22);8-12H,1-7H3,(H,20,21,22);7-11H,1-6H3. The summed E-state index contributed by atoms with van der Waals surface area (Å²) >= 11 is 6.33. The summed E-state index contributed by atoms with van der Waals surface area (Å²) in [5.41, 5.74) is 36.4. The number of phenols is 3. The van der Waals surface area contributed by atoms with Gasteiger partial charge in [-0.05, 0) is 248 Å². The SMILES string of the molecule is CNc1nc(-c2ccc(C(C)(C)C)cc2)nc(C)c1C(C)C.Cc1nc(-c2c(O)cc3c(c2O)CCC3(C)C)nc(C)c1C(C)C.Cc1nc(-c2cc3c(cc2O)C(C)(C)CC3)nc(C)c1C(C)C.Cc1nc(-c2ccc(C(C)(C)C)cc2)nc(Cl)c1C(C)C.Cc1nc(-c2ccc(C(C)(C)C)cc2CO)nc(N)c1C(C)C.Cc1nc(-c2ccc(OCCC(C)(C)C)nc2)nc(C)c1C(C)C. The summed E-state index contributed by atoms with van der Waals surface area (Å²) in [5.74, 6) is 8.56. The number of nitrogens with two attached hydrogens (primary N) is 1. The van der Waals surface area contributed by atoms with Gasteiger partial charge in [0.25, 0.3) is 0 Å². The number of fused-ring (bicyclic) bond motifs is 2. The number of aromatic hydroxyl groups is 3. The third kappa shape index (κ3) is 26.8. The van der Waals surface area contributed by atoms with E-state index in [1.54, 1.807) is 12.3 Å². The second kappa shape index (κ2) is 44.3. The van der Waals surface area contributed by atoms with E-state index in [0.29, 0.717) is 81.9 Å². The van der Waals surface area contributed by atoms with Crippen molar-refractivity contribution in [3.05, 3.63) is 238 Å². The number of ether oxygens (including phenoxy) is 1. The predicted octanol–water partition coefficient (Wildman–Crippen LogP) is 28.8. The zero-order valence-electron chi connectivity index (χ0n) is 89.7. The van der Waals surface area contributed by atoms with Gasteiger partial charge in [0, 0.05) is 110 Å². The van der Waals surface area contributed by atoms with Crippen LogP contribution < -0.4 is 15.8 Å². The van der Waals surface area contributed by atoms with E-state index in [1.807, 2.05) is 92.8 Å². The number of aliphatic hydroxyl groups is 1. The molecule has 0 bridgehead atoms. The van der Waals surface area contributed by atoms with Gasteiger partial charge in [-0.25, -0.2) is 64.8 Å². The summed E-state index contributed by atoms with van der Waals surface area (Å²) < 4.78 is 5.72. The summed E-state index contributed by atoms with van der Waals surface area (Å²) in [6.45, 7) is 79.4. The first-order valence-corrected chi connectivity index (χ1v) is 49.3. The molecule has 20 nitrogen and oxygen atoms in total. The Balaban J connectivity index is 0.000000184. The topological polar surface area (TPSA) is 296 Å². The average Bonchev–Trinajstić information content (AvgIpc) is 1.62. The lowest BCUT2D eigenvalue weighted by atomic mass is 9.85. The number of aryl methyl sites for hydroxylation is 10. The van der Waals surface area contributed by atoms with Crippen molar-refractivity contribution in [3.8, 4) is 91.5 Å². The molecule has 0 saturated heterocycles. The van der Waals surface area contributed by atoms with Gasteiger partial charge in [0.15, 0.2) is 34.9 Å². The Morgan fingerprint density at radius 3 is 1.20 bits per heavy atom. The molecule has 0 spiro atoms. The first-order valence-electron chi connectivity index (χ1n) is 48.9. The van der Waals surface area contributed by atoms with Crippen LogP contribution in [0.25, 0.3) is 68.3 Å². The number of aliphatic hydroxyl groups excluding tert-OH is 1. The number of hydrogen-bond donors (Lipinski definition) is 6. The quantitative estimate of drug-likeness (QED) is 0.0462. The fourth-order valence-electron chi connectivity index (χ4n) is 18.7. The molecule has 2 aliphatic carbocycles. The van der Waals surface area contributed by atoms with E-state index in [9.17, 15) is 20.4 Å². The van der Waals surface area contributed by atoms with Gasteiger partial charge >= 0.3 is 0 Å². The number of nitrogens with one attached hydrogen (secondary N) is 1. The molecule has 7 heterocycles. The van der Waals surface area contributed by atoms with Crippen molar-refractivity contribution in [1.82, 2.24) is 64.8 Å². The van der Waals surface area contributed by atoms with Gasteiger partial charge in [0.05, 0.1) is 18.8 Å². The molecular formula is C116H158ClN15O5. The molecule has 14 rings (SSSR count). The smallest absolute Gasteiger partial charge is 0.213 e. The van der Waals surface area contributed by atoms with Crippen LogP contribution in [0.5, 0.6) is 23.1 Å². The van der Waals surface area contributed by atoms with Crippen LogP contribution >= 0.6 is 11.6 Å². The van der Waals surface area contributed by atoms with Crippen LogP contribution in [0.1, 0.15) is 378 Å². The van der Waals surface area contributed by atoms with Gasteiger partial charge in [0.1, 0.15) is 39.6 Å². The number of phenolic OH excluding ortho intramolecular Hbond substituents is 3. The number of benzene rings is 5. The van der Waals surface area contributed by atoms with E-state index in [0.717, 1.165) is 162 Å². The molecule has 2 aliphatic rings. The van der Waals surface area contributed by atoms with Crippen LogP contribution in [0.15, 0.2) is 103 Å². The fourth-order valence-corrected chi connectivity index (χ4v) is 19.1. The Kier molecular flexibility index (Phi) is 35.4. The number of halogens is 1. The monoisotopic (exact) mass is 1880 g/mol. The van der Waals surface area contributed by atoms with Crippen molar-refractivity contribution in [2.24, 2.45) is 5.41 Å². The first-order chi connectivity index (χ1) is 63.6. The normalized spacial score (nSPS) is 13.3. The van der Waals surface area contributed by atoms with Gasteiger partial charge < -0.3 is 36.2 Å². The van der Waals surface area contributed by atoms with Gasteiger partial charge in [-0.3, -0.25) is 0 Å². The maximum absolute atomic E-state index is 10.8. The van der Waals surface area contributed by atoms with Crippen molar-refractivity contribution >= 4 is 23.2 Å². The predicted molar refractivity (Wildman–Crippen MR) is 568 cm³/mol. The number of anilines is 2. The first kappa shape index (κ1) is 109. The van der Waals surface area contributed by atoms with Gasteiger partial charge in [-0.2, -0.15) is 0 Å². The Morgan fingerprint density at radius 2 is 0.788 bits per heavy atom. The van der Waals surface area contributed by atoms with E-state index in [4.69, 9.17) is 32.0 Å². The third-order valence-electron chi connectivity index (χ3n) is 26.1. The van der Waals surface area contributed by atoms with Gasteiger partial charge in [-0.1, -0.05) is 272 Å². The Morgan fingerprint density at radius 1 is 0.409 bits per heavy atom. The number of aromatic nitrogens is 13. The fraction of sp³-hybridized carbons (Fsp3) is 0.491. The summed E-state index contributed by atoms with van der Waals surface area (Å²) in [6, 6.07) is 32.7. The lowest BCUT2D eigenvalue weighted by Crippen LogP contribution is -2.12. The van der Waals surface area contributed by atoms with E-state index >= 15 is 0 Å². The van der Waals surface area contributed by atoms with Crippen molar-refractivity contribution < 1.29 is 25.2 Å². The van der Waals surface area contributed by atoms with Gasteiger partial charge in [0.2, 0.25) is 5.88 Å². The van der Waals surface area contributed by atoms with Crippen LogP contribution in [0.2, 0.25) is 5.15 Å². The number of hydrogen-bond acceptors (Lipinski definition) is 20. The molecule has 137 heavy (non-hydrogen) atoms. The van der Waals surface area contributed by atoms with Crippen LogP contribution in [0, 0.1) is 67.7 Å². The molecule has 0 atom stereocenters. The maximum atomic E-state index is 10.8. The molecule has 21 heteroatoms. The molecule has 7 N–H and O–H groups in total. The third-order valence-corrected chi connectivity index (χ3v) is 26.4. The highest BCUT2D eigenvalue weighted by Gasteiger charge is 2.36. The molecule has 0 aliphatic heterocycles. The van der Waals surface area contributed by atoms with Crippen molar-refractivity contribution in [3.63, 3.8) is 0 Å². The molecule has 5 aromatic carbocycles. The largest absolute Gasteiger partial charge is 0.507 e. The number of rotatable bonds is 17. The summed E-state index contributed by atoms with van der Waals surface area (Å²) in [7, 11) is 1.92. The second-order valence-corrected chi connectivity index (χ2v) is 45.0. The molecule has 7 aromatic heterocycles. The molecule has 12 aromatic rings. The van der Waals surface area contributed by atoms with E-state index in [2.05, 4.69) is 322 Å². The molecule has 734 valence electrons. The van der Waals surface area contributed by atoms with Crippen LogP contribution in [-0.2, 0) is 46.5 Å². The minimum Gasteiger partial charge on any atom is -0.507 e. The lowest BCUT2D eigenvalue weighted by Gasteiger charge is -2.21. The van der Waals surface area contributed by atoms with Crippen LogP contribution in [0.3, 0.4) is 0 Å². The molecule has 0 saturated carbocycles. The maximum Gasteiger partial charge on any atom is 0.213 e. The summed E-state index contributed by atoms with van der Waals surface area (Å²) in [6.07, 6.45) is 6.73. The highest BCUT2D eigenvalue weighted by Crippen LogP contribution is 2.50. The molecule has 0 radical (unpaired) electrons. The highest BCUT2D eigenvalue weighted by molar-refractivity contribution is 6.30. The van der Waals surface area contributed by atoms with Crippen molar-refractivity contribution in [2.75, 3.05) is 24.7 Å². The Hall–Kier alpha value is -11.2. The Labute approximate surface area is 824 Å². The van der Waals surface area contributed by atoms with Crippen molar-refractivity contribution in [2.45, 2.75) is 357 Å². The van der Waals surface area contributed by atoms with Crippen molar-refractivity contribution in [1.29, 1.82) is 0 Å². The van der Waals surface area contributed by atoms with Crippen LogP contribution in [0.4, 0.5) is 11.6 Å². The van der Waals surface area contributed by atoms with Gasteiger partial charge in [-0.15, -0.1) is 0 Å². The highest BCUT2D eigenvalue weighted by atomic mass is 35.5. The summed E-state index contributed by atoms with van der Waals surface area (Å²) in [5, 5.41) is 45.4. The molecule has 0 fully saturated rings. The second-order valence-electron chi connectivity index (χ2n) is 44.7. The lowest BCUT2D eigenvalue weighted by molar-refractivity contribution is 0.236. The van der Waals surface area contributed by atoms with E-state index < -0.39 is 0 Å². The molecule has 0 unspecified atom stereocenters.